The fraction of sp³-hybridized carbons (Fsp3) is 0.636. The normalized spacial score (nSPS) is 20.7. The van der Waals surface area contributed by atoms with Crippen molar-refractivity contribution in [1.82, 2.24) is 0 Å². The fourth-order valence-electron chi connectivity index (χ4n) is 1.69. The molecule has 0 aromatic carbocycles. The summed E-state index contributed by atoms with van der Waals surface area (Å²) in [7, 11) is 0. The smallest absolute Gasteiger partial charge is 0.0172 e. The van der Waals surface area contributed by atoms with Crippen molar-refractivity contribution in [1.29, 1.82) is 0 Å². The van der Waals surface area contributed by atoms with E-state index in [2.05, 4.69) is 18.7 Å². The highest BCUT2D eigenvalue weighted by Gasteiger charge is 2.08. The summed E-state index contributed by atoms with van der Waals surface area (Å²) in [5.74, 6) is 0.878. The van der Waals surface area contributed by atoms with E-state index in [-0.39, 0.29) is 0 Å². The minimum Gasteiger partial charge on any atom is -0.103 e. The van der Waals surface area contributed by atoms with Crippen LogP contribution in [0.5, 0.6) is 0 Å². The average Bonchev–Trinajstić information content (AvgIpc) is 2.07. The minimum absolute atomic E-state index is 0.878. The van der Waals surface area contributed by atoms with Crippen LogP contribution in [0.2, 0.25) is 0 Å². The summed E-state index contributed by atoms with van der Waals surface area (Å²) >= 11 is 0. The molecule has 0 spiro atoms. The molecule has 1 fully saturated rings. The van der Waals surface area contributed by atoms with Crippen LogP contribution in [0.1, 0.15) is 38.5 Å². The third-order valence-corrected chi connectivity index (χ3v) is 2.36. The lowest BCUT2D eigenvalue weighted by Gasteiger charge is -2.17. The second kappa shape index (κ2) is 5.17. The first-order valence-corrected chi connectivity index (χ1v) is 4.71. The maximum Gasteiger partial charge on any atom is -0.0172 e. The molecule has 0 amide bonds. The molecule has 0 heteroatoms. The Morgan fingerprint density at radius 2 is 1.91 bits per heavy atom. The van der Waals surface area contributed by atoms with Crippen molar-refractivity contribution >= 4 is 0 Å². The van der Waals surface area contributed by atoms with Crippen molar-refractivity contribution in [2.45, 2.75) is 38.5 Å². The summed E-state index contributed by atoms with van der Waals surface area (Å²) in [6.07, 6.45) is 14.8. The molecule has 0 nitrogen and oxygen atoms in total. The average molecular weight is 150 g/mol. The van der Waals surface area contributed by atoms with Gasteiger partial charge >= 0.3 is 0 Å². The van der Waals surface area contributed by atoms with Crippen LogP contribution in [0, 0.1) is 5.92 Å². The Bertz CT molecular complexity index is 127. The fourth-order valence-corrected chi connectivity index (χ4v) is 1.69. The molecule has 0 radical (unpaired) electrons. The van der Waals surface area contributed by atoms with E-state index in [9.17, 15) is 0 Å². The van der Waals surface area contributed by atoms with Crippen molar-refractivity contribution in [3.05, 3.63) is 24.8 Å². The van der Waals surface area contributed by atoms with Crippen molar-refractivity contribution in [3.8, 4) is 0 Å². The minimum atomic E-state index is 0.878. The summed E-state index contributed by atoms with van der Waals surface area (Å²) < 4.78 is 0. The van der Waals surface area contributed by atoms with E-state index in [0.717, 1.165) is 12.3 Å². The van der Waals surface area contributed by atoms with Gasteiger partial charge < -0.3 is 0 Å². The molecule has 1 aliphatic carbocycles. The Labute approximate surface area is 70.0 Å². The van der Waals surface area contributed by atoms with Gasteiger partial charge in [-0.25, -0.2) is 0 Å². The van der Waals surface area contributed by atoms with Gasteiger partial charge in [-0.3, -0.25) is 0 Å². The molecule has 0 atom stereocenters. The zero-order chi connectivity index (χ0) is 7.94. The van der Waals surface area contributed by atoms with Crippen molar-refractivity contribution in [3.63, 3.8) is 0 Å². The molecule has 0 aromatic heterocycles. The summed E-state index contributed by atoms with van der Waals surface area (Å²) in [4.78, 5) is 0. The number of allylic oxidation sites excluding steroid dienone is 3. The van der Waals surface area contributed by atoms with Gasteiger partial charge in [0.1, 0.15) is 0 Å². The lowest BCUT2D eigenvalue weighted by Crippen LogP contribution is -2.02. The van der Waals surface area contributed by atoms with Crippen LogP contribution in [0.15, 0.2) is 24.8 Å². The van der Waals surface area contributed by atoms with Crippen LogP contribution in [0.3, 0.4) is 0 Å². The van der Waals surface area contributed by atoms with Crippen molar-refractivity contribution < 1.29 is 0 Å². The molecule has 1 rings (SSSR count). The number of hydrogen-bond acceptors (Lipinski definition) is 0. The van der Waals surface area contributed by atoms with Gasteiger partial charge in [-0.2, -0.15) is 0 Å². The van der Waals surface area contributed by atoms with E-state index in [1.54, 1.807) is 0 Å². The predicted octanol–water partition coefficient (Wildman–Crippen LogP) is 3.70. The van der Waals surface area contributed by atoms with E-state index in [0.29, 0.717) is 0 Å². The van der Waals surface area contributed by atoms with Gasteiger partial charge in [0.05, 0.1) is 0 Å². The van der Waals surface area contributed by atoms with Gasteiger partial charge in [-0.15, -0.1) is 6.58 Å². The molecule has 0 saturated heterocycles. The van der Waals surface area contributed by atoms with Crippen LogP contribution in [0.4, 0.5) is 0 Å². The predicted molar refractivity (Wildman–Crippen MR) is 50.5 cm³/mol. The van der Waals surface area contributed by atoms with Gasteiger partial charge in [-0.05, 0) is 25.2 Å². The molecule has 0 bridgehead atoms. The molecule has 1 aliphatic rings. The van der Waals surface area contributed by atoms with Gasteiger partial charge in [-0.1, -0.05) is 37.5 Å². The molecular weight excluding hydrogens is 132 g/mol. The summed E-state index contributed by atoms with van der Waals surface area (Å²) in [6.45, 7) is 3.69. The summed E-state index contributed by atoms with van der Waals surface area (Å²) in [6, 6.07) is 0. The Hall–Kier alpha value is -0.520. The van der Waals surface area contributed by atoms with Crippen LogP contribution in [-0.2, 0) is 0 Å². The first-order valence-electron chi connectivity index (χ1n) is 4.71. The Morgan fingerprint density at radius 3 is 2.55 bits per heavy atom. The lowest BCUT2D eigenvalue weighted by molar-refractivity contribution is 0.419. The largest absolute Gasteiger partial charge is 0.103 e. The maximum absolute atomic E-state index is 3.69. The Balaban J connectivity index is 2.18. The van der Waals surface area contributed by atoms with Gasteiger partial charge in [0.25, 0.3) is 0 Å². The molecule has 0 aliphatic heterocycles. The Kier molecular flexibility index (Phi) is 4.03. The second-order valence-corrected chi connectivity index (χ2v) is 3.35. The zero-order valence-corrected chi connectivity index (χ0v) is 7.26. The van der Waals surface area contributed by atoms with E-state index >= 15 is 0 Å². The SMILES string of the molecule is C=CCC=CC1CCCCC1. The van der Waals surface area contributed by atoms with E-state index in [1.807, 2.05) is 6.08 Å². The molecule has 0 aromatic rings. The molecule has 11 heavy (non-hydrogen) atoms. The first kappa shape index (κ1) is 8.58. The molecule has 62 valence electrons. The van der Waals surface area contributed by atoms with Crippen LogP contribution in [0.25, 0.3) is 0 Å². The first-order chi connectivity index (χ1) is 5.43. The van der Waals surface area contributed by atoms with Crippen LogP contribution >= 0.6 is 0 Å². The number of rotatable bonds is 3. The number of hydrogen-bond donors (Lipinski definition) is 0. The highest BCUT2D eigenvalue weighted by atomic mass is 14.1. The highest BCUT2D eigenvalue weighted by molar-refractivity contribution is 4.93. The molecular formula is C11H18. The molecule has 0 heterocycles. The van der Waals surface area contributed by atoms with E-state index in [4.69, 9.17) is 0 Å². The maximum atomic E-state index is 3.69. The quantitative estimate of drug-likeness (QED) is 0.538. The molecule has 0 N–H and O–H groups in total. The van der Waals surface area contributed by atoms with Crippen molar-refractivity contribution in [2.75, 3.05) is 0 Å². The van der Waals surface area contributed by atoms with Gasteiger partial charge in [0.2, 0.25) is 0 Å². The van der Waals surface area contributed by atoms with Crippen LogP contribution < -0.4 is 0 Å². The third-order valence-electron chi connectivity index (χ3n) is 2.36. The van der Waals surface area contributed by atoms with E-state index < -0.39 is 0 Å². The van der Waals surface area contributed by atoms with Gasteiger partial charge in [0.15, 0.2) is 0 Å². The van der Waals surface area contributed by atoms with E-state index in [1.165, 1.54) is 32.1 Å². The monoisotopic (exact) mass is 150 g/mol. The third kappa shape index (κ3) is 3.41. The topological polar surface area (TPSA) is 0 Å². The highest BCUT2D eigenvalue weighted by Crippen LogP contribution is 2.24. The second-order valence-electron chi connectivity index (χ2n) is 3.35. The van der Waals surface area contributed by atoms with Gasteiger partial charge in [0, 0.05) is 0 Å². The molecule has 0 unspecified atom stereocenters. The summed E-state index contributed by atoms with van der Waals surface area (Å²) in [5, 5.41) is 0. The Morgan fingerprint density at radius 1 is 1.18 bits per heavy atom. The zero-order valence-electron chi connectivity index (χ0n) is 7.26. The lowest BCUT2D eigenvalue weighted by atomic mass is 9.89. The van der Waals surface area contributed by atoms with Crippen molar-refractivity contribution in [2.24, 2.45) is 5.92 Å². The molecule has 1 saturated carbocycles. The standard InChI is InChI=1S/C11H18/c1-2-3-5-8-11-9-6-4-7-10-11/h2,5,8,11H,1,3-4,6-7,9-10H2. The van der Waals surface area contributed by atoms with Crippen LogP contribution in [-0.4, -0.2) is 0 Å². The summed E-state index contributed by atoms with van der Waals surface area (Å²) in [5.41, 5.74) is 0.